The van der Waals surface area contributed by atoms with Crippen LogP contribution in [0.25, 0.3) is 0 Å². The summed E-state index contributed by atoms with van der Waals surface area (Å²) in [6, 6.07) is 18.4. The Morgan fingerprint density at radius 2 is 1.54 bits per heavy atom. The molecule has 2 heterocycles. The van der Waals surface area contributed by atoms with Crippen molar-refractivity contribution in [1.82, 2.24) is 0 Å². The molecule has 0 bridgehead atoms. The van der Waals surface area contributed by atoms with Gasteiger partial charge < -0.3 is 18.7 Å². The molecule has 0 radical (unpaired) electrons. The van der Waals surface area contributed by atoms with Crippen LogP contribution in [-0.2, 0) is 24.6 Å². The number of rotatable bonds is 7. The van der Waals surface area contributed by atoms with E-state index in [1.807, 2.05) is 12.1 Å². The third kappa shape index (κ3) is 4.91. The van der Waals surface area contributed by atoms with Crippen molar-refractivity contribution >= 4 is 23.7 Å². The number of esters is 1. The summed E-state index contributed by atoms with van der Waals surface area (Å²) in [4.78, 5) is 26.7. The highest BCUT2D eigenvalue weighted by molar-refractivity contribution is 6.17. The van der Waals surface area contributed by atoms with Gasteiger partial charge in [0.05, 0.1) is 25.2 Å². The van der Waals surface area contributed by atoms with Gasteiger partial charge in [-0.05, 0) is 13.3 Å². The van der Waals surface area contributed by atoms with Gasteiger partial charge in [0.25, 0.3) is 5.60 Å². The van der Waals surface area contributed by atoms with Crippen molar-refractivity contribution in [1.29, 1.82) is 0 Å². The highest BCUT2D eigenvalue weighted by atomic mass is 35.5. The molecule has 6 nitrogen and oxygen atoms in total. The molecule has 3 unspecified atom stereocenters. The van der Waals surface area contributed by atoms with Crippen LogP contribution in [0.1, 0.15) is 57.1 Å². The quantitative estimate of drug-likeness (QED) is 0.274. The number of hydrogen-bond donors (Lipinski definition) is 0. The monoisotopic (exact) mass is 500 g/mol. The van der Waals surface area contributed by atoms with Crippen LogP contribution in [-0.4, -0.2) is 54.0 Å². The first-order valence-electron chi connectivity index (χ1n) is 12.6. The molecular weight excluding hydrogens is 466 g/mol. The van der Waals surface area contributed by atoms with E-state index >= 15 is 0 Å². The Bertz CT molecular complexity index is 953. The van der Waals surface area contributed by atoms with Gasteiger partial charge >= 0.3 is 12.1 Å². The maximum absolute atomic E-state index is 14.1. The lowest BCUT2D eigenvalue weighted by atomic mass is 9.85. The van der Waals surface area contributed by atoms with Gasteiger partial charge in [0.2, 0.25) is 0 Å². The van der Waals surface area contributed by atoms with Crippen LogP contribution in [0, 0.1) is 0 Å². The van der Waals surface area contributed by atoms with E-state index in [9.17, 15) is 9.59 Å². The molecule has 2 aliphatic heterocycles. The van der Waals surface area contributed by atoms with Crippen LogP contribution in [0.3, 0.4) is 0 Å². The summed E-state index contributed by atoms with van der Waals surface area (Å²) in [5, 5.41) is 0. The van der Waals surface area contributed by atoms with Gasteiger partial charge in [-0.25, -0.2) is 9.59 Å². The van der Waals surface area contributed by atoms with Crippen molar-refractivity contribution in [2.45, 2.75) is 69.7 Å². The number of hydrogen-bond acceptors (Lipinski definition) is 5. The molecule has 35 heavy (non-hydrogen) atoms. The van der Waals surface area contributed by atoms with E-state index in [1.165, 1.54) is 25.9 Å². The lowest BCUT2D eigenvalue weighted by molar-refractivity contribution is -0.967. The summed E-state index contributed by atoms with van der Waals surface area (Å²) in [6.45, 7) is 6.91. The van der Waals surface area contributed by atoms with Crippen LogP contribution in [0.2, 0.25) is 0 Å². The summed E-state index contributed by atoms with van der Waals surface area (Å²) in [5.41, 5.74) is -0.836. The molecule has 0 saturated carbocycles. The molecule has 2 aromatic rings. The number of benzene rings is 2. The Balaban J connectivity index is 1.69. The zero-order chi connectivity index (χ0) is 24.9. The van der Waals surface area contributed by atoms with Gasteiger partial charge in [0.15, 0.2) is 6.07 Å². The Morgan fingerprint density at radius 3 is 2.06 bits per heavy atom. The number of alkyl halides is 1. The van der Waals surface area contributed by atoms with Crippen molar-refractivity contribution in [3.63, 3.8) is 0 Å². The number of carbonyl (C=O) groups excluding carboxylic acids is 2. The van der Waals surface area contributed by atoms with E-state index < -0.39 is 17.7 Å². The minimum Gasteiger partial charge on any atom is -0.458 e. The molecule has 2 aliphatic rings. The van der Waals surface area contributed by atoms with Gasteiger partial charge in [-0.2, -0.15) is 0 Å². The van der Waals surface area contributed by atoms with E-state index in [1.54, 1.807) is 48.5 Å². The topological polar surface area (TPSA) is 61.8 Å². The predicted octanol–water partition coefficient (Wildman–Crippen LogP) is 5.76. The number of carbonyl (C=O) groups is 2. The Labute approximate surface area is 212 Å². The molecule has 0 aliphatic carbocycles. The van der Waals surface area contributed by atoms with Gasteiger partial charge in [-0.1, -0.05) is 79.2 Å². The highest BCUT2D eigenvalue weighted by Gasteiger charge is 2.53. The molecule has 7 heteroatoms. The second-order valence-corrected chi connectivity index (χ2v) is 9.90. The van der Waals surface area contributed by atoms with E-state index in [-0.39, 0.29) is 12.2 Å². The van der Waals surface area contributed by atoms with Crippen molar-refractivity contribution in [3.8, 4) is 0 Å². The zero-order valence-corrected chi connectivity index (χ0v) is 21.3. The Morgan fingerprint density at radius 1 is 0.971 bits per heavy atom. The molecule has 3 atom stereocenters. The molecule has 0 N–H and O–H groups in total. The molecule has 2 fully saturated rings. The second-order valence-electron chi connectivity index (χ2n) is 9.69. The van der Waals surface area contributed by atoms with Crippen molar-refractivity contribution in [2.75, 3.05) is 19.2 Å². The van der Waals surface area contributed by atoms with Crippen LogP contribution in [0.4, 0.5) is 4.79 Å². The fraction of sp³-hybridized carbons (Fsp3) is 0.500. The predicted molar refractivity (Wildman–Crippen MR) is 134 cm³/mol. The van der Waals surface area contributed by atoms with E-state index in [4.69, 9.17) is 25.8 Å². The second kappa shape index (κ2) is 11.0. The molecular formula is C28H35ClNO5+. The molecule has 0 amide bonds. The van der Waals surface area contributed by atoms with E-state index in [0.29, 0.717) is 23.2 Å². The van der Waals surface area contributed by atoms with Gasteiger partial charge in [0, 0.05) is 36.8 Å². The van der Waals surface area contributed by atoms with Crippen molar-refractivity contribution in [2.24, 2.45) is 0 Å². The first-order valence-corrected chi connectivity index (χ1v) is 13.1. The van der Waals surface area contributed by atoms with Crippen molar-refractivity contribution in [3.05, 3.63) is 71.8 Å². The van der Waals surface area contributed by atoms with Gasteiger partial charge in [-0.3, -0.25) is 0 Å². The summed E-state index contributed by atoms with van der Waals surface area (Å²) >= 11 is 5.62. The third-order valence-corrected chi connectivity index (χ3v) is 8.05. The van der Waals surface area contributed by atoms with E-state index in [2.05, 4.69) is 13.8 Å². The molecule has 2 aromatic carbocycles. The fourth-order valence-corrected chi connectivity index (χ4v) is 6.35. The summed E-state index contributed by atoms with van der Waals surface area (Å²) in [5.74, 6) is -0.622. The lowest BCUT2D eigenvalue weighted by Crippen LogP contribution is -2.63. The van der Waals surface area contributed by atoms with Gasteiger partial charge in [0.1, 0.15) is 6.10 Å². The maximum Gasteiger partial charge on any atom is 0.511 e. The van der Waals surface area contributed by atoms with Crippen LogP contribution in [0.5, 0.6) is 0 Å². The van der Waals surface area contributed by atoms with Crippen molar-refractivity contribution < 1.29 is 28.3 Å². The number of ether oxygens (including phenoxy) is 3. The number of nitrogens with zero attached hydrogens (tertiary/aromatic N) is 1. The fourth-order valence-electron chi connectivity index (χ4n) is 6.26. The minimum absolute atomic E-state index is 0.258. The smallest absolute Gasteiger partial charge is 0.458 e. The summed E-state index contributed by atoms with van der Waals surface area (Å²) in [7, 11) is 0. The molecule has 1 spiro atoms. The average molecular weight is 501 g/mol. The van der Waals surface area contributed by atoms with Crippen LogP contribution >= 0.6 is 11.6 Å². The van der Waals surface area contributed by atoms with Crippen LogP contribution in [0.15, 0.2) is 60.7 Å². The molecule has 0 aromatic heterocycles. The average Bonchev–Trinajstić information content (AvgIpc) is 3.37. The summed E-state index contributed by atoms with van der Waals surface area (Å²) < 4.78 is 18.1. The normalized spacial score (nSPS) is 23.6. The number of halogens is 1. The zero-order valence-electron chi connectivity index (χ0n) is 20.5. The largest absolute Gasteiger partial charge is 0.511 e. The third-order valence-electron chi connectivity index (χ3n) is 7.94. The van der Waals surface area contributed by atoms with E-state index in [0.717, 1.165) is 23.7 Å². The maximum atomic E-state index is 14.1. The number of quaternary nitrogens is 1. The first-order chi connectivity index (χ1) is 17.0. The Kier molecular flexibility index (Phi) is 8.02. The Hall–Kier alpha value is -2.57. The lowest BCUT2D eigenvalue weighted by Gasteiger charge is -2.51. The first kappa shape index (κ1) is 25.5. The van der Waals surface area contributed by atoms with Crippen LogP contribution < -0.4 is 0 Å². The van der Waals surface area contributed by atoms with Gasteiger partial charge in [-0.15, -0.1) is 0 Å². The molecule has 2 saturated heterocycles. The minimum atomic E-state index is -1.81. The SMILES string of the molecule is CCC1CC(OC(=O)C(OC(=O)OCCl)(c2ccccc2)c2ccccc2)CC(C)[N+]12CCCC2. The standard InChI is InChI=1S/C28H35ClNO5/c1-3-24-19-25(18-21(2)30(24)16-10-11-17-30)34-26(31)28(35-27(32)33-20-29,22-12-6-4-7-13-22)23-14-8-5-9-15-23/h4-9,12-15,21,24-25H,3,10-11,16-20H2,1-2H3/q+1. The highest BCUT2D eigenvalue weighted by Crippen LogP contribution is 2.41. The summed E-state index contributed by atoms with van der Waals surface area (Å²) in [6.07, 6.45) is 3.85. The number of piperidine rings is 1. The molecule has 4 rings (SSSR count). The molecule has 188 valence electrons.